The van der Waals surface area contributed by atoms with E-state index in [1.54, 1.807) is 99.1 Å². The van der Waals surface area contributed by atoms with Crippen molar-refractivity contribution in [2.75, 3.05) is 58.8 Å². The highest BCUT2D eigenvalue weighted by Gasteiger charge is 2.29. The Balaban J connectivity index is 0.000000188. The van der Waals surface area contributed by atoms with Crippen LogP contribution in [-0.2, 0) is 14.2 Å². The zero-order valence-electron chi connectivity index (χ0n) is 57.6. The molecule has 0 bridgehead atoms. The lowest BCUT2D eigenvalue weighted by molar-refractivity contribution is 0.0577. The molecule has 0 aliphatic heterocycles. The Morgan fingerprint density at radius 2 is 0.722 bits per heavy atom. The molecule has 0 spiro atoms. The predicted octanol–water partition coefficient (Wildman–Crippen LogP) is 13.4. The van der Waals surface area contributed by atoms with Gasteiger partial charge in [-0.2, -0.15) is 38.5 Å². The van der Waals surface area contributed by atoms with Crippen LogP contribution in [0.5, 0.6) is 0 Å². The van der Waals surface area contributed by atoms with E-state index >= 15 is 0 Å². The number of nitrogens with one attached hydrogen (secondary N) is 3. The average molecular weight is 1370 g/mol. The molecular weight excluding hydrogens is 1290 g/mol. The second-order valence-corrected chi connectivity index (χ2v) is 26.2. The van der Waals surface area contributed by atoms with Gasteiger partial charge in [0.1, 0.15) is 67.6 Å². The number of amides is 3. The normalized spacial score (nSPS) is 11.3. The molecule has 8 aromatic heterocycles. The Kier molecular flexibility index (Phi) is 22.3. The summed E-state index contributed by atoms with van der Waals surface area (Å²) in [5.41, 5.74) is 6.40. The zero-order valence-corrected chi connectivity index (χ0v) is 59.1. The van der Waals surface area contributed by atoms with Crippen LogP contribution in [0.3, 0.4) is 0 Å². The number of benzene rings is 2. The zero-order chi connectivity index (χ0) is 72.1. The quantitative estimate of drug-likeness (QED) is 0.0501. The molecule has 512 valence electrons. The van der Waals surface area contributed by atoms with E-state index < -0.39 is 41.1 Å². The van der Waals surface area contributed by atoms with Crippen molar-refractivity contribution in [3.05, 3.63) is 140 Å². The van der Waals surface area contributed by atoms with Crippen molar-refractivity contribution in [2.24, 2.45) is 0 Å². The standard InChI is InChI=1S/C22H27N5O3.C21H25N5O4.C14H17ClN4O3.C9H9ClN4O/c1-13-8-14(2)10-16(9-13)24-18-11-19(26(7)21(29)30-22(4,5)6)27-20(25-18)17(12-23-27)15(3)28;1-12-7-13(2)9-14(8-12)23-16-10-17(25(6)20(29)30-21(3,4)5)26-18(24-16)15(11-22-26)19(27)28;1-8(20)9-7-16-19-11(6-10(15)17-12(9)19)18(5)13(21)22-14(2,3)4;1-5(15)6-4-12-14-8(11-2)3-7(10)13-9(6)14/h8-12H,1-7H3,(H,24,25);7-11H,1-6H3,(H,23,24)(H,27,28);6-7H,1-5H3;3-4,11H,1-2H3. The van der Waals surface area contributed by atoms with Crippen LogP contribution in [-0.4, -0.2) is 150 Å². The third kappa shape index (κ3) is 18.6. The van der Waals surface area contributed by atoms with Crippen LogP contribution in [0.1, 0.15) is 147 Å². The van der Waals surface area contributed by atoms with Gasteiger partial charge < -0.3 is 35.3 Å². The minimum Gasteiger partial charge on any atom is -0.477 e. The molecule has 0 aliphatic rings. The second kappa shape index (κ2) is 29.4. The maximum Gasteiger partial charge on any atom is 0.415 e. The second-order valence-electron chi connectivity index (χ2n) is 25.4. The lowest BCUT2D eigenvalue weighted by atomic mass is 10.1. The van der Waals surface area contributed by atoms with Crippen LogP contribution in [0, 0.1) is 27.7 Å². The fourth-order valence-corrected chi connectivity index (χ4v) is 9.69. The lowest BCUT2D eigenvalue weighted by Crippen LogP contribution is -2.35. The van der Waals surface area contributed by atoms with Crippen molar-refractivity contribution in [3.63, 3.8) is 0 Å². The molecule has 0 unspecified atom stereocenters. The van der Waals surface area contributed by atoms with E-state index in [9.17, 15) is 38.7 Å². The fourth-order valence-electron chi connectivity index (χ4n) is 9.33. The van der Waals surface area contributed by atoms with Crippen LogP contribution in [0.2, 0.25) is 10.3 Å². The molecule has 8 heterocycles. The van der Waals surface area contributed by atoms with Crippen molar-refractivity contribution in [1.82, 2.24) is 58.4 Å². The molecular formula is C66H78Cl2N18O11. The molecule has 4 N–H and O–H groups in total. The number of carboxylic acid groups (broad SMARTS) is 1. The first-order chi connectivity index (χ1) is 45.1. The molecule has 29 nitrogen and oxygen atoms in total. The maximum atomic E-state index is 12.7. The Morgan fingerprint density at radius 1 is 0.433 bits per heavy atom. The molecule has 3 amide bonds. The Hall–Kier alpha value is -10.8. The van der Waals surface area contributed by atoms with Gasteiger partial charge in [0.2, 0.25) is 0 Å². The van der Waals surface area contributed by atoms with Gasteiger partial charge >= 0.3 is 24.2 Å². The number of aromatic nitrogens is 12. The predicted molar refractivity (Wildman–Crippen MR) is 371 cm³/mol. The number of fused-ring (bicyclic) bond motifs is 4. The van der Waals surface area contributed by atoms with Gasteiger partial charge in [0.15, 0.2) is 39.9 Å². The van der Waals surface area contributed by atoms with E-state index in [0.29, 0.717) is 73.7 Å². The van der Waals surface area contributed by atoms with Gasteiger partial charge in [-0.25, -0.2) is 39.1 Å². The van der Waals surface area contributed by atoms with Gasteiger partial charge in [-0.05, 0) is 157 Å². The minimum atomic E-state index is -1.16. The number of Topliss-reactive ketones (excluding diaryl/α,β-unsaturated/α-hetero) is 3. The molecule has 0 saturated heterocycles. The maximum absolute atomic E-state index is 12.7. The van der Waals surface area contributed by atoms with Crippen LogP contribution >= 0.6 is 23.2 Å². The number of aromatic carboxylic acids is 1. The first-order valence-corrected chi connectivity index (χ1v) is 30.8. The third-order valence-corrected chi connectivity index (χ3v) is 13.8. The largest absolute Gasteiger partial charge is 0.477 e. The van der Waals surface area contributed by atoms with Crippen molar-refractivity contribution in [2.45, 2.75) is 128 Å². The highest BCUT2D eigenvalue weighted by molar-refractivity contribution is 6.30. The van der Waals surface area contributed by atoms with Crippen LogP contribution < -0.4 is 30.7 Å². The van der Waals surface area contributed by atoms with Gasteiger partial charge in [-0.3, -0.25) is 29.1 Å². The molecule has 10 aromatic rings. The number of carboxylic acids is 1. The van der Waals surface area contributed by atoms with E-state index in [0.717, 1.165) is 33.6 Å². The summed E-state index contributed by atoms with van der Waals surface area (Å²) in [4.78, 5) is 105. The number of carbonyl (C=O) groups excluding carboxylic acids is 6. The van der Waals surface area contributed by atoms with E-state index in [1.165, 1.54) is 94.0 Å². The summed E-state index contributed by atoms with van der Waals surface area (Å²) >= 11 is 11.8. The number of ketones is 3. The molecule has 0 atom stereocenters. The number of rotatable bonds is 12. The Labute approximate surface area is 569 Å². The van der Waals surface area contributed by atoms with Gasteiger partial charge in [-0.15, -0.1) is 0 Å². The minimum absolute atomic E-state index is 0.0714. The van der Waals surface area contributed by atoms with Gasteiger partial charge in [0.25, 0.3) is 0 Å². The number of carbonyl (C=O) groups is 7. The van der Waals surface area contributed by atoms with Crippen molar-refractivity contribution >= 4 is 134 Å². The highest BCUT2D eigenvalue weighted by Crippen LogP contribution is 2.30. The summed E-state index contributed by atoms with van der Waals surface area (Å²) in [6.45, 7) is 28.4. The molecule has 0 radical (unpaired) electrons. The van der Waals surface area contributed by atoms with Gasteiger partial charge in [-0.1, -0.05) is 35.3 Å². The summed E-state index contributed by atoms with van der Waals surface area (Å²) in [7, 11) is 6.42. The topological polar surface area (TPSA) is 334 Å². The van der Waals surface area contributed by atoms with Gasteiger partial charge in [0, 0.05) is 63.8 Å². The average Bonchev–Trinajstić information content (AvgIpc) is 1.71. The van der Waals surface area contributed by atoms with Crippen LogP contribution in [0.4, 0.5) is 60.7 Å². The summed E-state index contributed by atoms with van der Waals surface area (Å²) in [6, 6.07) is 18.5. The summed E-state index contributed by atoms with van der Waals surface area (Å²) in [6.07, 6.45) is 3.85. The van der Waals surface area contributed by atoms with Crippen molar-refractivity contribution in [3.8, 4) is 0 Å². The van der Waals surface area contributed by atoms with Crippen molar-refractivity contribution < 1.29 is 52.9 Å². The smallest absolute Gasteiger partial charge is 0.415 e. The van der Waals surface area contributed by atoms with E-state index in [4.69, 9.17) is 37.4 Å². The third-order valence-electron chi connectivity index (χ3n) is 13.4. The molecule has 31 heteroatoms. The number of hydrogen-bond acceptors (Lipinski definition) is 21. The molecule has 2 aromatic carbocycles. The summed E-state index contributed by atoms with van der Waals surface area (Å²) < 4.78 is 21.9. The summed E-state index contributed by atoms with van der Waals surface area (Å²) in [5, 5.41) is 35.9. The molecule has 0 aliphatic carbocycles. The van der Waals surface area contributed by atoms with Crippen LogP contribution in [0.15, 0.2) is 85.5 Å². The number of anilines is 8. The lowest BCUT2D eigenvalue weighted by Gasteiger charge is -2.25. The van der Waals surface area contributed by atoms with Crippen LogP contribution in [0.25, 0.3) is 22.6 Å². The Bertz CT molecular complexity index is 4470. The van der Waals surface area contributed by atoms with E-state index in [1.807, 2.05) is 58.0 Å². The van der Waals surface area contributed by atoms with E-state index in [2.05, 4.69) is 62.3 Å². The molecule has 0 fully saturated rings. The first-order valence-electron chi connectivity index (χ1n) is 30.0. The Morgan fingerprint density at radius 3 is 1.04 bits per heavy atom. The van der Waals surface area contributed by atoms with Crippen molar-refractivity contribution in [1.29, 1.82) is 0 Å². The number of hydrogen-bond donors (Lipinski definition) is 4. The highest BCUT2D eigenvalue weighted by atomic mass is 35.5. The van der Waals surface area contributed by atoms with Gasteiger partial charge in [0.05, 0.1) is 41.5 Å². The molecule has 0 saturated carbocycles. The number of nitrogens with zero attached hydrogens (tertiary/aromatic N) is 15. The van der Waals surface area contributed by atoms with E-state index in [-0.39, 0.29) is 33.7 Å². The number of ether oxygens (including phenoxy) is 3. The first kappa shape index (κ1) is 73.6. The fraction of sp³-hybridized carbons (Fsp3) is 0.348. The number of aryl methyl sites for hydroxylation is 4. The number of halogens is 2. The monoisotopic (exact) mass is 1370 g/mol. The molecule has 97 heavy (non-hydrogen) atoms. The molecule has 10 rings (SSSR count). The summed E-state index contributed by atoms with van der Waals surface area (Å²) in [5.74, 6) is 1.06. The SMILES string of the molecule is CC(=O)c1cnn2c(N(C)C(=O)OC(C)(C)C)cc(Cl)nc12.CC(=O)c1cnn2c(N(C)C(=O)OC(C)(C)C)cc(Nc3cc(C)cc(C)c3)nc12.CNc1cc(Cl)nc2c(C(C)=O)cnn12.Cc1cc(C)cc(Nc2cc(N(C)C(=O)OC(C)(C)C)n3ncc(C(=O)O)c3n2)c1.